The fourth-order valence-corrected chi connectivity index (χ4v) is 2.74. The average Bonchev–Trinajstić information content (AvgIpc) is 3.07. The summed E-state index contributed by atoms with van der Waals surface area (Å²) in [6.45, 7) is 2.53. The van der Waals surface area contributed by atoms with Crippen molar-refractivity contribution in [3.05, 3.63) is 24.2 Å². The molecule has 1 heterocycles. The number of guanidine groups is 1. The van der Waals surface area contributed by atoms with Gasteiger partial charge in [0.1, 0.15) is 5.76 Å². The first-order valence-electron chi connectivity index (χ1n) is 8.47. The summed E-state index contributed by atoms with van der Waals surface area (Å²) in [5, 5.41) is 6.60. The molecule has 0 aromatic carbocycles. The molecule has 1 aliphatic carbocycles. The van der Waals surface area contributed by atoms with Crippen molar-refractivity contribution in [1.29, 1.82) is 0 Å². The minimum absolute atomic E-state index is 0.500. The monoisotopic (exact) mass is 307 g/mol. The largest absolute Gasteiger partial charge is 0.469 e. The molecule has 0 aliphatic heterocycles. The quantitative estimate of drug-likeness (QED) is 0.440. The zero-order valence-corrected chi connectivity index (χ0v) is 13.6. The van der Waals surface area contributed by atoms with E-state index >= 15 is 0 Å². The lowest BCUT2D eigenvalue weighted by Crippen LogP contribution is -2.39. The van der Waals surface area contributed by atoms with Crippen molar-refractivity contribution in [2.45, 2.75) is 51.0 Å². The smallest absolute Gasteiger partial charge is 0.190 e. The van der Waals surface area contributed by atoms with Gasteiger partial charge in [0.15, 0.2) is 5.96 Å². The van der Waals surface area contributed by atoms with Crippen molar-refractivity contribution in [3.8, 4) is 0 Å². The molecule has 0 amide bonds. The maximum Gasteiger partial charge on any atom is 0.190 e. The molecular weight excluding hydrogens is 278 g/mol. The van der Waals surface area contributed by atoms with Gasteiger partial charge in [0.2, 0.25) is 0 Å². The molecule has 0 atom stereocenters. The van der Waals surface area contributed by atoms with Gasteiger partial charge in [-0.15, -0.1) is 0 Å². The first kappa shape index (κ1) is 16.9. The number of nitrogens with zero attached hydrogens (tertiary/aromatic N) is 1. The molecule has 2 N–H and O–H groups in total. The molecule has 0 unspecified atom stereocenters. The number of hydrogen-bond acceptors (Lipinski definition) is 3. The Balaban J connectivity index is 1.48. The molecule has 0 bridgehead atoms. The Morgan fingerprint density at radius 3 is 2.82 bits per heavy atom. The van der Waals surface area contributed by atoms with Crippen LogP contribution in [0.3, 0.4) is 0 Å². The van der Waals surface area contributed by atoms with E-state index in [-0.39, 0.29) is 0 Å². The molecule has 0 saturated heterocycles. The molecule has 22 heavy (non-hydrogen) atoms. The summed E-state index contributed by atoms with van der Waals surface area (Å²) in [6, 6.07) is 3.90. The molecule has 0 spiro atoms. The third-order valence-electron chi connectivity index (χ3n) is 3.99. The summed E-state index contributed by atoms with van der Waals surface area (Å²) in [4.78, 5) is 4.22. The Morgan fingerprint density at radius 1 is 1.27 bits per heavy atom. The molecule has 5 nitrogen and oxygen atoms in total. The third kappa shape index (κ3) is 6.52. The summed E-state index contributed by atoms with van der Waals surface area (Å²) < 4.78 is 11.2. The van der Waals surface area contributed by atoms with Crippen molar-refractivity contribution in [2.24, 2.45) is 4.99 Å². The third-order valence-corrected chi connectivity index (χ3v) is 3.99. The van der Waals surface area contributed by atoms with Crippen molar-refractivity contribution in [1.82, 2.24) is 10.6 Å². The molecule has 2 rings (SSSR count). The maximum absolute atomic E-state index is 5.92. The molecule has 1 saturated carbocycles. The van der Waals surface area contributed by atoms with Crippen LogP contribution in [0.4, 0.5) is 0 Å². The molecular formula is C17H29N3O2. The highest BCUT2D eigenvalue weighted by atomic mass is 16.5. The Kier molecular flexibility index (Phi) is 7.88. The first-order valence-corrected chi connectivity index (χ1v) is 8.47. The van der Waals surface area contributed by atoms with Crippen LogP contribution < -0.4 is 10.6 Å². The molecule has 124 valence electrons. The minimum Gasteiger partial charge on any atom is -0.469 e. The summed E-state index contributed by atoms with van der Waals surface area (Å²) in [7, 11) is 1.79. The fraction of sp³-hybridized carbons (Fsp3) is 0.706. The van der Waals surface area contributed by atoms with E-state index < -0.39 is 0 Å². The number of ether oxygens (including phenoxy) is 1. The van der Waals surface area contributed by atoms with E-state index in [1.165, 1.54) is 32.1 Å². The Morgan fingerprint density at radius 2 is 2.09 bits per heavy atom. The lowest BCUT2D eigenvalue weighted by atomic mass is 9.98. The summed E-state index contributed by atoms with van der Waals surface area (Å²) in [5.41, 5.74) is 0. The van der Waals surface area contributed by atoms with Gasteiger partial charge in [-0.05, 0) is 31.4 Å². The zero-order chi connectivity index (χ0) is 15.5. The van der Waals surface area contributed by atoms with Crippen LogP contribution in [0.25, 0.3) is 0 Å². The topological polar surface area (TPSA) is 58.8 Å². The van der Waals surface area contributed by atoms with E-state index in [2.05, 4.69) is 15.6 Å². The van der Waals surface area contributed by atoms with Crippen molar-refractivity contribution < 1.29 is 9.15 Å². The number of hydrogen-bond donors (Lipinski definition) is 2. The van der Waals surface area contributed by atoms with E-state index in [1.807, 2.05) is 12.1 Å². The van der Waals surface area contributed by atoms with Crippen LogP contribution >= 0.6 is 0 Å². The van der Waals surface area contributed by atoms with Crippen molar-refractivity contribution >= 4 is 5.96 Å². The number of rotatable bonds is 8. The van der Waals surface area contributed by atoms with Gasteiger partial charge in [0, 0.05) is 33.2 Å². The van der Waals surface area contributed by atoms with Gasteiger partial charge in [0.05, 0.1) is 12.4 Å². The van der Waals surface area contributed by atoms with E-state index in [0.717, 1.165) is 44.3 Å². The highest BCUT2D eigenvalue weighted by Crippen LogP contribution is 2.20. The second-order valence-corrected chi connectivity index (χ2v) is 5.74. The Hall–Kier alpha value is -1.49. The second-order valence-electron chi connectivity index (χ2n) is 5.74. The van der Waals surface area contributed by atoms with Crippen molar-refractivity contribution in [2.75, 3.05) is 26.7 Å². The fourth-order valence-electron chi connectivity index (χ4n) is 2.74. The molecule has 1 aromatic rings. The number of aliphatic imine (C=N–C) groups is 1. The van der Waals surface area contributed by atoms with Crippen LogP contribution in [-0.2, 0) is 11.2 Å². The van der Waals surface area contributed by atoms with Gasteiger partial charge >= 0.3 is 0 Å². The molecule has 1 fully saturated rings. The summed E-state index contributed by atoms with van der Waals surface area (Å²) in [5.74, 6) is 1.83. The maximum atomic E-state index is 5.92. The molecule has 1 aliphatic rings. The SMILES string of the molecule is CN=C(NCCCOC1CCCCC1)NCCc1ccco1. The highest BCUT2D eigenvalue weighted by molar-refractivity contribution is 5.79. The van der Waals surface area contributed by atoms with Gasteiger partial charge in [-0.3, -0.25) is 4.99 Å². The van der Waals surface area contributed by atoms with Gasteiger partial charge in [-0.25, -0.2) is 0 Å². The van der Waals surface area contributed by atoms with Gasteiger partial charge in [-0.1, -0.05) is 19.3 Å². The Labute approximate surface area is 133 Å². The van der Waals surface area contributed by atoms with E-state index in [4.69, 9.17) is 9.15 Å². The number of nitrogens with one attached hydrogen (secondary N) is 2. The van der Waals surface area contributed by atoms with Crippen LogP contribution in [0.5, 0.6) is 0 Å². The van der Waals surface area contributed by atoms with E-state index in [1.54, 1.807) is 13.3 Å². The standard InChI is InChI=1S/C17H29N3O2/c1-18-17(20-12-10-16-9-5-13-21-16)19-11-6-14-22-15-7-3-2-4-8-15/h5,9,13,15H,2-4,6-8,10-12,14H2,1H3,(H2,18,19,20). The van der Waals surface area contributed by atoms with Crippen LogP contribution in [0.2, 0.25) is 0 Å². The summed E-state index contributed by atoms with van der Waals surface area (Å²) in [6.07, 6.45) is 10.6. The van der Waals surface area contributed by atoms with Gasteiger partial charge < -0.3 is 19.8 Å². The van der Waals surface area contributed by atoms with Crippen LogP contribution in [-0.4, -0.2) is 38.8 Å². The average molecular weight is 307 g/mol. The van der Waals surface area contributed by atoms with Crippen LogP contribution in [0.15, 0.2) is 27.8 Å². The first-order chi connectivity index (χ1) is 10.9. The molecule has 0 radical (unpaired) electrons. The van der Waals surface area contributed by atoms with E-state index in [0.29, 0.717) is 6.10 Å². The van der Waals surface area contributed by atoms with Crippen molar-refractivity contribution in [3.63, 3.8) is 0 Å². The van der Waals surface area contributed by atoms with Gasteiger partial charge in [-0.2, -0.15) is 0 Å². The van der Waals surface area contributed by atoms with E-state index in [9.17, 15) is 0 Å². The summed E-state index contributed by atoms with van der Waals surface area (Å²) >= 11 is 0. The predicted molar refractivity (Wildman–Crippen MR) is 89.2 cm³/mol. The van der Waals surface area contributed by atoms with Gasteiger partial charge in [0.25, 0.3) is 0 Å². The molecule has 1 aromatic heterocycles. The number of furan rings is 1. The minimum atomic E-state index is 0.500. The lowest BCUT2D eigenvalue weighted by molar-refractivity contribution is 0.0277. The highest BCUT2D eigenvalue weighted by Gasteiger charge is 2.12. The normalized spacial score (nSPS) is 16.7. The zero-order valence-electron chi connectivity index (χ0n) is 13.6. The molecule has 5 heteroatoms. The predicted octanol–water partition coefficient (Wildman–Crippen LogP) is 2.73. The lowest BCUT2D eigenvalue weighted by Gasteiger charge is -2.22. The van der Waals surface area contributed by atoms with Crippen LogP contribution in [0.1, 0.15) is 44.3 Å². The Bertz CT molecular complexity index is 412. The van der Waals surface area contributed by atoms with Crippen LogP contribution in [0, 0.1) is 0 Å². The second kappa shape index (κ2) is 10.3.